The van der Waals surface area contributed by atoms with Crippen molar-refractivity contribution >= 4 is 0 Å². The van der Waals surface area contributed by atoms with Crippen LogP contribution in [0.25, 0.3) is 0 Å². The monoisotopic (exact) mass is 287 g/mol. The standard InChI is InChI=1S/C18H25NO2/c1-4-21-16-13-14(8-9-15(16)20-3)18-10-6-5-7-17(18)19(2)12-11-18/h6,8-10,13,17H,4-5,7,11-12H2,1-3H3/t17?,18-/m0/s1. The molecule has 1 aromatic carbocycles. The van der Waals surface area contributed by atoms with E-state index < -0.39 is 0 Å². The first-order valence-electron chi connectivity index (χ1n) is 7.90. The van der Waals surface area contributed by atoms with Crippen LogP contribution in [0, 0.1) is 0 Å². The Kier molecular flexibility index (Phi) is 3.94. The lowest BCUT2D eigenvalue weighted by Gasteiger charge is -2.38. The maximum Gasteiger partial charge on any atom is 0.161 e. The van der Waals surface area contributed by atoms with Gasteiger partial charge in [-0.25, -0.2) is 0 Å². The van der Waals surface area contributed by atoms with Crippen LogP contribution < -0.4 is 9.47 Å². The highest BCUT2D eigenvalue weighted by atomic mass is 16.5. The highest BCUT2D eigenvalue weighted by molar-refractivity contribution is 5.48. The van der Waals surface area contributed by atoms with Gasteiger partial charge in [0.25, 0.3) is 0 Å². The van der Waals surface area contributed by atoms with E-state index in [0.29, 0.717) is 12.6 Å². The van der Waals surface area contributed by atoms with E-state index in [1.54, 1.807) is 7.11 Å². The normalized spacial score (nSPS) is 28.4. The Balaban J connectivity index is 2.04. The lowest BCUT2D eigenvalue weighted by Crippen LogP contribution is -2.41. The van der Waals surface area contributed by atoms with Crippen LogP contribution in [0.15, 0.2) is 30.4 Å². The molecule has 1 aromatic rings. The minimum Gasteiger partial charge on any atom is -0.493 e. The number of hydrogen-bond donors (Lipinski definition) is 0. The summed E-state index contributed by atoms with van der Waals surface area (Å²) in [6.45, 7) is 3.83. The van der Waals surface area contributed by atoms with Gasteiger partial charge >= 0.3 is 0 Å². The molecule has 1 fully saturated rings. The minimum absolute atomic E-state index is 0.144. The third kappa shape index (κ3) is 2.34. The largest absolute Gasteiger partial charge is 0.493 e. The fourth-order valence-electron chi connectivity index (χ4n) is 3.96. The summed E-state index contributed by atoms with van der Waals surface area (Å²) in [5.41, 5.74) is 1.50. The molecule has 3 nitrogen and oxygen atoms in total. The molecular formula is C18H25NO2. The summed E-state index contributed by atoms with van der Waals surface area (Å²) >= 11 is 0. The first-order valence-corrected chi connectivity index (χ1v) is 7.90. The summed E-state index contributed by atoms with van der Waals surface area (Å²) in [7, 11) is 3.95. The van der Waals surface area contributed by atoms with Crippen molar-refractivity contribution in [3.05, 3.63) is 35.9 Å². The second-order valence-electron chi connectivity index (χ2n) is 6.07. The zero-order valence-electron chi connectivity index (χ0n) is 13.3. The predicted octanol–water partition coefficient (Wildman–Crippen LogP) is 3.39. The van der Waals surface area contributed by atoms with E-state index >= 15 is 0 Å². The van der Waals surface area contributed by atoms with Crippen molar-refractivity contribution in [3.8, 4) is 11.5 Å². The molecule has 3 rings (SSSR count). The van der Waals surface area contributed by atoms with Crippen LogP contribution in [0.1, 0.15) is 31.7 Å². The van der Waals surface area contributed by atoms with Crippen LogP contribution >= 0.6 is 0 Å². The molecule has 0 amide bonds. The van der Waals surface area contributed by atoms with Crippen molar-refractivity contribution in [1.29, 1.82) is 0 Å². The van der Waals surface area contributed by atoms with E-state index in [1.807, 2.05) is 13.0 Å². The number of allylic oxidation sites excluding steroid dienone is 1. The summed E-state index contributed by atoms with van der Waals surface area (Å²) in [5, 5.41) is 0. The van der Waals surface area contributed by atoms with E-state index in [-0.39, 0.29) is 5.41 Å². The molecule has 0 radical (unpaired) electrons. The summed E-state index contributed by atoms with van der Waals surface area (Å²) in [6.07, 6.45) is 8.39. The van der Waals surface area contributed by atoms with Gasteiger partial charge in [0.1, 0.15) is 0 Å². The Hall–Kier alpha value is -1.48. The number of fused-ring (bicyclic) bond motifs is 1. The second kappa shape index (κ2) is 5.72. The predicted molar refractivity (Wildman–Crippen MR) is 85.3 cm³/mol. The Morgan fingerprint density at radius 1 is 1.33 bits per heavy atom. The summed E-state index contributed by atoms with van der Waals surface area (Å²) < 4.78 is 11.2. The number of rotatable bonds is 4. The van der Waals surface area contributed by atoms with Crippen molar-refractivity contribution in [2.24, 2.45) is 0 Å². The van der Waals surface area contributed by atoms with Gasteiger partial charge in [-0.1, -0.05) is 18.2 Å². The number of nitrogens with zero attached hydrogens (tertiary/aromatic N) is 1. The average Bonchev–Trinajstić information content (AvgIpc) is 2.86. The van der Waals surface area contributed by atoms with Gasteiger partial charge in [0.15, 0.2) is 11.5 Å². The van der Waals surface area contributed by atoms with Crippen molar-refractivity contribution < 1.29 is 9.47 Å². The number of likely N-dealkylation sites (N-methyl/N-ethyl adjacent to an activating group) is 1. The van der Waals surface area contributed by atoms with Crippen LogP contribution in [0.3, 0.4) is 0 Å². The molecule has 0 saturated carbocycles. The maximum absolute atomic E-state index is 5.77. The Labute approximate surface area is 127 Å². The Morgan fingerprint density at radius 3 is 2.95 bits per heavy atom. The van der Waals surface area contributed by atoms with Crippen LogP contribution in [-0.4, -0.2) is 38.3 Å². The molecule has 0 spiro atoms. The van der Waals surface area contributed by atoms with Crippen molar-refractivity contribution in [2.75, 3.05) is 27.3 Å². The molecule has 0 aromatic heterocycles. The molecule has 1 saturated heterocycles. The highest BCUT2D eigenvalue weighted by Crippen LogP contribution is 2.46. The fraction of sp³-hybridized carbons (Fsp3) is 0.556. The van der Waals surface area contributed by atoms with Gasteiger partial charge in [0.2, 0.25) is 0 Å². The summed E-state index contributed by atoms with van der Waals surface area (Å²) in [5.74, 6) is 1.68. The summed E-state index contributed by atoms with van der Waals surface area (Å²) in [4.78, 5) is 2.51. The molecule has 3 heteroatoms. The van der Waals surface area contributed by atoms with E-state index in [9.17, 15) is 0 Å². The van der Waals surface area contributed by atoms with E-state index in [4.69, 9.17) is 9.47 Å². The van der Waals surface area contributed by atoms with Gasteiger partial charge in [0.05, 0.1) is 13.7 Å². The number of likely N-dealkylation sites (tertiary alicyclic amines) is 1. The molecule has 2 atom stereocenters. The van der Waals surface area contributed by atoms with Crippen molar-refractivity contribution in [3.63, 3.8) is 0 Å². The van der Waals surface area contributed by atoms with Crippen molar-refractivity contribution in [1.82, 2.24) is 4.90 Å². The topological polar surface area (TPSA) is 21.7 Å². The highest BCUT2D eigenvalue weighted by Gasteiger charge is 2.46. The lowest BCUT2D eigenvalue weighted by atomic mass is 9.70. The maximum atomic E-state index is 5.77. The third-order valence-electron chi connectivity index (χ3n) is 5.03. The van der Waals surface area contributed by atoms with Gasteiger partial charge in [0, 0.05) is 11.5 Å². The first kappa shape index (κ1) is 14.5. The van der Waals surface area contributed by atoms with E-state index in [1.165, 1.54) is 24.8 Å². The molecule has 0 N–H and O–H groups in total. The van der Waals surface area contributed by atoms with Gasteiger partial charge in [-0.15, -0.1) is 0 Å². The van der Waals surface area contributed by atoms with Crippen molar-refractivity contribution in [2.45, 2.75) is 37.6 Å². The molecule has 1 aliphatic carbocycles. The summed E-state index contributed by atoms with van der Waals surface area (Å²) in [6, 6.07) is 7.05. The van der Waals surface area contributed by atoms with Gasteiger partial charge in [-0.05, 0) is 57.5 Å². The first-order chi connectivity index (χ1) is 10.2. The average molecular weight is 287 g/mol. The van der Waals surface area contributed by atoms with Gasteiger partial charge < -0.3 is 14.4 Å². The van der Waals surface area contributed by atoms with E-state index in [2.05, 4.69) is 36.2 Å². The minimum atomic E-state index is 0.144. The molecule has 1 unspecified atom stereocenters. The lowest BCUT2D eigenvalue weighted by molar-refractivity contribution is 0.248. The SMILES string of the molecule is CCOc1cc([C@@]23C=CCCC2N(C)CC3)ccc1OC. The van der Waals surface area contributed by atoms with E-state index in [0.717, 1.165) is 18.0 Å². The Morgan fingerprint density at radius 2 is 2.19 bits per heavy atom. The number of benzene rings is 1. The molecule has 114 valence electrons. The number of ether oxygens (including phenoxy) is 2. The fourth-order valence-corrected chi connectivity index (χ4v) is 3.96. The molecule has 0 bridgehead atoms. The zero-order chi connectivity index (χ0) is 14.9. The molecule has 2 aliphatic rings. The van der Waals surface area contributed by atoms with Crippen LogP contribution in [0.2, 0.25) is 0 Å². The van der Waals surface area contributed by atoms with Gasteiger partial charge in [-0.3, -0.25) is 0 Å². The smallest absolute Gasteiger partial charge is 0.161 e. The zero-order valence-corrected chi connectivity index (χ0v) is 13.3. The molecule has 1 heterocycles. The van der Waals surface area contributed by atoms with Gasteiger partial charge in [-0.2, -0.15) is 0 Å². The van der Waals surface area contributed by atoms with Crippen LogP contribution in [-0.2, 0) is 5.41 Å². The third-order valence-corrected chi connectivity index (χ3v) is 5.03. The molecular weight excluding hydrogens is 262 g/mol. The van der Waals surface area contributed by atoms with Crippen LogP contribution in [0.5, 0.6) is 11.5 Å². The Bertz CT molecular complexity index is 540. The second-order valence-corrected chi connectivity index (χ2v) is 6.07. The molecule has 1 aliphatic heterocycles. The number of hydrogen-bond acceptors (Lipinski definition) is 3. The van der Waals surface area contributed by atoms with Crippen LogP contribution in [0.4, 0.5) is 0 Å². The quantitative estimate of drug-likeness (QED) is 0.792. The molecule has 21 heavy (non-hydrogen) atoms. The number of methoxy groups -OCH3 is 1.